The van der Waals surface area contributed by atoms with Crippen molar-refractivity contribution in [2.24, 2.45) is 0 Å². The summed E-state index contributed by atoms with van der Waals surface area (Å²) in [6.45, 7) is 12.5. The SMILES string of the molecule is CC(C)(C)c1cc(Br)c(OCC(O)COc2ccc(C(C)(C)c3ccc(OCC4CO4)cc3)cc2)c(Br)c1. The van der Waals surface area contributed by atoms with Gasteiger partial charge in [0.25, 0.3) is 0 Å². The lowest BCUT2D eigenvalue weighted by atomic mass is 9.78. The van der Waals surface area contributed by atoms with Crippen molar-refractivity contribution in [3.63, 3.8) is 0 Å². The summed E-state index contributed by atoms with van der Waals surface area (Å²) >= 11 is 7.19. The molecule has 0 saturated carbocycles. The van der Waals surface area contributed by atoms with Crippen LogP contribution in [0, 0.1) is 0 Å². The number of aliphatic hydroxyl groups excluding tert-OH is 1. The largest absolute Gasteiger partial charge is 0.491 e. The van der Waals surface area contributed by atoms with Crippen LogP contribution in [0.15, 0.2) is 69.6 Å². The van der Waals surface area contributed by atoms with E-state index in [2.05, 4.69) is 103 Å². The van der Waals surface area contributed by atoms with E-state index in [-0.39, 0.29) is 30.1 Å². The fourth-order valence-corrected chi connectivity index (χ4v) is 5.42. The lowest BCUT2D eigenvalue weighted by molar-refractivity contribution is 0.0621. The van der Waals surface area contributed by atoms with E-state index < -0.39 is 6.10 Å². The van der Waals surface area contributed by atoms with Crippen LogP contribution in [0.2, 0.25) is 0 Å². The summed E-state index contributed by atoms with van der Waals surface area (Å²) in [5.41, 5.74) is 3.38. The van der Waals surface area contributed by atoms with E-state index >= 15 is 0 Å². The average molecular weight is 648 g/mol. The van der Waals surface area contributed by atoms with E-state index in [0.717, 1.165) is 21.3 Å². The molecule has 0 bridgehead atoms. The van der Waals surface area contributed by atoms with Crippen molar-refractivity contribution < 1.29 is 24.1 Å². The van der Waals surface area contributed by atoms with Crippen molar-refractivity contribution in [3.8, 4) is 17.2 Å². The van der Waals surface area contributed by atoms with Gasteiger partial charge in [-0.15, -0.1) is 0 Å². The quantitative estimate of drug-likeness (QED) is 0.219. The smallest absolute Gasteiger partial charge is 0.147 e. The van der Waals surface area contributed by atoms with Crippen LogP contribution in [-0.4, -0.2) is 43.7 Å². The Morgan fingerprint density at radius 1 is 0.789 bits per heavy atom. The monoisotopic (exact) mass is 646 g/mol. The van der Waals surface area contributed by atoms with Gasteiger partial charge in [0.2, 0.25) is 0 Å². The minimum Gasteiger partial charge on any atom is -0.491 e. The molecule has 3 aromatic rings. The van der Waals surface area contributed by atoms with Crippen LogP contribution in [0.25, 0.3) is 0 Å². The van der Waals surface area contributed by atoms with Gasteiger partial charge in [0.1, 0.15) is 49.3 Å². The molecule has 5 nitrogen and oxygen atoms in total. The second-order valence-electron chi connectivity index (χ2n) is 11.2. The second kappa shape index (κ2) is 12.0. The van der Waals surface area contributed by atoms with Crippen LogP contribution in [0.4, 0.5) is 0 Å². The zero-order valence-electron chi connectivity index (χ0n) is 22.6. The number of hydrogen-bond acceptors (Lipinski definition) is 5. The molecule has 204 valence electrons. The van der Waals surface area contributed by atoms with Crippen LogP contribution in [0.3, 0.4) is 0 Å². The number of hydrogen-bond donors (Lipinski definition) is 1. The Balaban J connectivity index is 1.29. The molecule has 0 radical (unpaired) electrons. The summed E-state index contributed by atoms with van der Waals surface area (Å²) in [7, 11) is 0. The fraction of sp³-hybridized carbons (Fsp3) is 0.419. The van der Waals surface area contributed by atoms with Crippen LogP contribution < -0.4 is 14.2 Å². The average Bonchev–Trinajstić information content (AvgIpc) is 3.70. The van der Waals surface area contributed by atoms with Gasteiger partial charge in [-0.25, -0.2) is 0 Å². The van der Waals surface area contributed by atoms with E-state index in [4.69, 9.17) is 18.9 Å². The maximum absolute atomic E-state index is 10.5. The predicted octanol–water partition coefficient (Wildman–Crippen LogP) is 7.43. The van der Waals surface area contributed by atoms with Gasteiger partial charge in [0.05, 0.1) is 15.6 Å². The molecule has 0 spiro atoms. The van der Waals surface area contributed by atoms with E-state index in [1.54, 1.807) is 0 Å². The Bertz CT molecular complexity index is 1190. The first-order chi connectivity index (χ1) is 17.9. The molecule has 4 rings (SSSR count). The van der Waals surface area contributed by atoms with Gasteiger partial charge in [-0.2, -0.15) is 0 Å². The highest BCUT2D eigenvalue weighted by Crippen LogP contribution is 2.38. The summed E-state index contributed by atoms with van der Waals surface area (Å²) < 4.78 is 24.4. The number of epoxide rings is 1. The predicted molar refractivity (Wildman–Crippen MR) is 158 cm³/mol. The molecule has 2 atom stereocenters. The maximum atomic E-state index is 10.5. The minimum atomic E-state index is -0.778. The summed E-state index contributed by atoms with van der Waals surface area (Å²) in [5, 5.41) is 10.5. The number of benzene rings is 3. The Morgan fingerprint density at radius 2 is 1.26 bits per heavy atom. The molecule has 1 fully saturated rings. The third kappa shape index (κ3) is 7.53. The highest BCUT2D eigenvalue weighted by molar-refractivity contribution is 9.11. The number of halogens is 2. The van der Waals surface area contributed by atoms with Gasteiger partial charge < -0.3 is 24.1 Å². The molecule has 1 heterocycles. The standard InChI is InChI=1S/C31H36Br2O5/c1-30(2,3)22-14-27(32)29(28(33)15-22)38-17-23(34)16-35-24-10-6-20(7-11-24)31(4,5)21-8-12-25(13-9-21)36-18-26-19-37-26/h6-15,23,26,34H,16-19H2,1-5H3. The zero-order valence-corrected chi connectivity index (χ0v) is 25.8. The summed E-state index contributed by atoms with van der Waals surface area (Å²) in [6.07, 6.45) is -0.532. The normalized spacial score (nSPS) is 16.2. The Morgan fingerprint density at radius 3 is 1.74 bits per heavy atom. The first-order valence-corrected chi connectivity index (χ1v) is 14.4. The fourth-order valence-electron chi connectivity index (χ4n) is 4.01. The van der Waals surface area contributed by atoms with Crippen LogP contribution in [-0.2, 0) is 15.6 Å². The van der Waals surface area contributed by atoms with Crippen LogP contribution >= 0.6 is 31.9 Å². The van der Waals surface area contributed by atoms with Gasteiger partial charge in [0.15, 0.2) is 0 Å². The van der Waals surface area contributed by atoms with Gasteiger partial charge >= 0.3 is 0 Å². The first kappa shape index (κ1) is 28.9. The molecular formula is C31H36Br2O5. The Hall–Kier alpha value is -2.06. The van der Waals surface area contributed by atoms with E-state index in [0.29, 0.717) is 18.1 Å². The van der Waals surface area contributed by atoms with Crippen molar-refractivity contribution in [2.45, 2.75) is 57.7 Å². The molecule has 3 aromatic carbocycles. The lowest BCUT2D eigenvalue weighted by Crippen LogP contribution is -2.25. The molecule has 1 N–H and O–H groups in total. The molecule has 1 aliphatic rings. The first-order valence-electron chi connectivity index (χ1n) is 12.8. The molecular weight excluding hydrogens is 612 g/mol. The van der Waals surface area contributed by atoms with Gasteiger partial charge in [0, 0.05) is 5.41 Å². The summed E-state index contributed by atoms with van der Waals surface area (Å²) in [5.74, 6) is 2.22. The molecule has 0 amide bonds. The van der Waals surface area contributed by atoms with Crippen molar-refractivity contribution >= 4 is 31.9 Å². The molecule has 38 heavy (non-hydrogen) atoms. The highest BCUT2D eigenvalue weighted by atomic mass is 79.9. The molecule has 2 unspecified atom stereocenters. The van der Waals surface area contributed by atoms with Crippen molar-refractivity contribution in [1.82, 2.24) is 0 Å². The zero-order chi connectivity index (χ0) is 27.5. The van der Waals surface area contributed by atoms with Crippen molar-refractivity contribution in [3.05, 3.63) is 86.3 Å². The van der Waals surface area contributed by atoms with E-state index in [1.807, 2.05) is 24.3 Å². The molecule has 0 aromatic heterocycles. The van der Waals surface area contributed by atoms with E-state index in [1.165, 1.54) is 16.7 Å². The van der Waals surface area contributed by atoms with Gasteiger partial charge in [-0.1, -0.05) is 58.9 Å². The highest BCUT2D eigenvalue weighted by Gasteiger charge is 2.25. The van der Waals surface area contributed by atoms with Gasteiger partial charge in [-0.3, -0.25) is 0 Å². The summed E-state index contributed by atoms with van der Waals surface area (Å²) in [6, 6.07) is 20.4. The maximum Gasteiger partial charge on any atom is 0.147 e. The molecule has 7 heteroatoms. The summed E-state index contributed by atoms with van der Waals surface area (Å²) in [4.78, 5) is 0. The third-order valence-corrected chi connectivity index (χ3v) is 7.90. The van der Waals surface area contributed by atoms with Crippen LogP contribution in [0.1, 0.15) is 51.3 Å². The molecule has 1 saturated heterocycles. The van der Waals surface area contributed by atoms with Crippen LogP contribution in [0.5, 0.6) is 17.2 Å². The topological polar surface area (TPSA) is 60.5 Å². The molecule has 1 aliphatic heterocycles. The second-order valence-corrected chi connectivity index (χ2v) is 12.9. The number of aliphatic hydroxyl groups is 1. The number of rotatable bonds is 11. The van der Waals surface area contributed by atoms with Gasteiger partial charge in [-0.05, 0) is 90.4 Å². The van der Waals surface area contributed by atoms with Crippen molar-refractivity contribution in [2.75, 3.05) is 26.4 Å². The van der Waals surface area contributed by atoms with Crippen molar-refractivity contribution in [1.29, 1.82) is 0 Å². The third-order valence-electron chi connectivity index (χ3n) is 6.72. The molecule has 0 aliphatic carbocycles. The van der Waals surface area contributed by atoms with E-state index in [9.17, 15) is 5.11 Å². The minimum absolute atomic E-state index is 0.0204. The Kier molecular flexibility index (Phi) is 9.13. The lowest BCUT2D eigenvalue weighted by Gasteiger charge is -2.26. The number of ether oxygens (including phenoxy) is 4. The Labute approximate surface area is 242 Å².